The zero-order valence-corrected chi connectivity index (χ0v) is 39.4. The van der Waals surface area contributed by atoms with Crippen LogP contribution in [0.25, 0.3) is 21.8 Å². The number of carbonyl (C=O) groups excluding carboxylic acids is 8. The van der Waals surface area contributed by atoms with Gasteiger partial charge in [-0.25, -0.2) is 4.79 Å². The number of aromatic nitrogens is 2. The number of fused-ring (bicyclic) bond motifs is 2. The van der Waals surface area contributed by atoms with Gasteiger partial charge < -0.3 is 69.3 Å². The molecule has 0 aliphatic rings. The van der Waals surface area contributed by atoms with E-state index in [9.17, 15) is 53.4 Å². The molecule has 0 aliphatic carbocycles. The molecule has 3 aromatic carbocycles. The van der Waals surface area contributed by atoms with E-state index in [1.807, 2.05) is 24.3 Å². The van der Waals surface area contributed by atoms with Crippen LogP contribution < -0.4 is 49.1 Å². The molecular formula is C49H61N11O11. The number of rotatable bonds is 26. The Labute approximate surface area is 408 Å². The summed E-state index contributed by atoms with van der Waals surface area (Å²) in [7, 11) is 0. The van der Waals surface area contributed by atoms with Gasteiger partial charge in [0.1, 0.15) is 36.3 Å². The average molecular weight is 980 g/mol. The molecule has 5 rings (SSSR count). The first kappa shape index (κ1) is 53.8. The lowest BCUT2D eigenvalue weighted by molar-refractivity contribution is -0.142. The van der Waals surface area contributed by atoms with E-state index in [4.69, 9.17) is 17.2 Å². The zero-order chi connectivity index (χ0) is 51.9. The maximum absolute atomic E-state index is 14.1. The highest BCUT2D eigenvalue weighted by Crippen LogP contribution is 2.21. The number of H-pyrrole nitrogens is 2. The highest BCUT2D eigenvalue weighted by Gasteiger charge is 2.37. The third-order valence-electron chi connectivity index (χ3n) is 12.0. The second-order valence-corrected chi connectivity index (χ2v) is 17.4. The Hall–Kier alpha value is -8.11. The van der Waals surface area contributed by atoms with Crippen molar-refractivity contribution < 1.29 is 53.4 Å². The second-order valence-electron chi connectivity index (χ2n) is 17.4. The number of nitrogens with two attached hydrogens (primary N) is 3. The van der Waals surface area contributed by atoms with Crippen molar-refractivity contribution in [3.8, 4) is 0 Å². The minimum atomic E-state index is -1.83. The first-order valence-corrected chi connectivity index (χ1v) is 22.9. The molecular weight excluding hydrogens is 919 g/mol. The normalized spacial score (nSPS) is 15.1. The summed E-state index contributed by atoms with van der Waals surface area (Å²) in [6.07, 6.45) is 0.243. The number of aliphatic hydroxyl groups is 1. The molecule has 22 nitrogen and oxygen atoms in total. The summed E-state index contributed by atoms with van der Waals surface area (Å²) in [5.74, 6) is -10.1. The van der Waals surface area contributed by atoms with Gasteiger partial charge in [-0.1, -0.05) is 87.0 Å². The molecule has 0 spiro atoms. The van der Waals surface area contributed by atoms with Gasteiger partial charge in [-0.15, -0.1) is 0 Å². The third kappa shape index (κ3) is 14.9. The van der Waals surface area contributed by atoms with E-state index in [0.29, 0.717) is 16.5 Å². The summed E-state index contributed by atoms with van der Waals surface area (Å²) in [6.45, 7) is 4.41. The molecule has 378 valence electrons. The van der Waals surface area contributed by atoms with Crippen molar-refractivity contribution in [2.24, 2.45) is 23.1 Å². The quantitative estimate of drug-likeness (QED) is 0.0323. The van der Waals surface area contributed by atoms with Gasteiger partial charge in [-0.2, -0.15) is 0 Å². The topological polar surface area (TPSA) is 376 Å². The summed E-state index contributed by atoms with van der Waals surface area (Å²) in [5.41, 5.74) is 20.8. The van der Waals surface area contributed by atoms with E-state index in [1.165, 1.54) is 0 Å². The summed E-state index contributed by atoms with van der Waals surface area (Å²) < 4.78 is 0. The van der Waals surface area contributed by atoms with Crippen LogP contribution >= 0.6 is 0 Å². The maximum atomic E-state index is 14.1. The fourth-order valence-corrected chi connectivity index (χ4v) is 7.92. The molecule has 2 heterocycles. The lowest BCUT2D eigenvalue weighted by Crippen LogP contribution is -2.63. The average Bonchev–Trinajstić information content (AvgIpc) is 3.94. The van der Waals surface area contributed by atoms with Gasteiger partial charge in [0.2, 0.25) is 47.3 Å². The van der Waals surface area contributed by atoms with Gasteiger partial charge >= 0.3 is 5.97 Å². The molecule has 0 bridgehead atoms. The Kier molecular flexibility index (Phi) is 18.9. The summed E-state index contributed by atoms with van der Waals surface area (Å²) in [5, 5.41) is 37.0. The first-order valence-electron chi connectivity index (χ1n) is 22.9. The van der Waals surface area contributed by atoms with E-state index in [-0.39, 0.29) is 25.7 Å². The van der Waals surface area contributed by atoms with E-state index < -0.39 is 120 Å². The van der Waals surface area contributed by atoms with E-state index in [2.05, 4.69) is 41.9 Å². The number of primary amides is 2. The molecule has 5 aromatic rings. The van der Waals surface area contributed by atoms with Crippen LogP contribution in [0, 0.1) is 5.92 Å². The Morgan fingerprint density at radius 2 is 0.972 bits per heavy atom. The molecule has 0 aliphatic heterocycles. The number of hydrogen-bond donors (Lipinski definition) is 13. The molecule has 71 heavy (non-hydrogen) atoms. The van der Waals surface area contributed by atoms with Crippen molar-refractivity contribution >= 4 is 75.0 Å². The number of aliphatic carboxylic acids is 1. The van der Waals surface area contributed by atoms with Crippen LogP contribution in [0.2, 0.25) is 0 Å². The lowest BCUT2D eigenvalue weighted by atomic mass is 9.96. The summed E-state index contributed by atoms with van der Waals surface area (Å²) in [4.78, 5) is 126. The standard InChI is InChI=1S/C49H61N11O11/c1-4-25(2)41(47(68)60-42(26(3)61)48(69)57-36(21-39(51)62)45(66)58-38(49(70)71)20-29-24-54-34-17-11-9-15-31(29)34)59-46(67)37(22-40(52)63)56-44(65)35(18-27-12-6-5-7-13-27)55-43(64)32(50)19-28-23-53-33-16-10-8-14-30(28)33/h5-17,23-26,32,35-38,41-42,53-54,61H,4,18-22,50H2,1-3H3,(H2,51,62)(H2,52,63)(H,55,64)(H,56,65)(H,57,69)(H,58,66)(H,59,67)(H,60,68)(H,70,71)/t25-,26+,32-,35-,36-,37-,38-,41-,42-/m0/s1. The minimum Gasteiger partial charge on any atom is -0.480 e. The number of nitrogens with one attached hydrogen (secondary N) is 8. The number of carboxylic acid groups (broad SMARTS) is 1. The number of para-hydroxylation sites is 2. The van der Waals surface area contributed by atoms with Gasteiger partial charge in [0.25, 0.3) is 0 Å². The van der Waals surface area contributed by atoms with Crippen LogP contribution in [0.15, 0.2) is 91.3 Å². The minimum absolute atomic E-state index is 0.0586. The molecule has 9 atom stereocenters. The SMILES string of the molecule is CC[C@H](C)[C@H](NC(=O)[C@H](CC(N)=O)NC(=O)[C@H](Cc1ccccc1)NC(=O)[C@@H](N)Cc1c[nH]c2ccccc12)C(=O)N[C@H](C(=O)N[C@@H](CC(N)=O)C(=O)N[C@@H](Cc1c[nH]c2ccccc12)C(=O)O)[C@@H](C)O. The van der Waals surface area contributed by atoms with Crippen molar-refractivity contribution in [2.75, 3.05) is 0 Å². The predicted molar refractivity (Wildman–Crippen MR) is 260 cm³/mol. The molecule has 2 aromatic heterocycles. The van der Waals surface area contributed by atoms with Crippen molar-refractivity contribution in [1.82, 2.24) is 41.9 Å². The predicted octanol–water partition coefficient (Wildman–Crippen LogP) is -0.825. The van der Waals surface area contributed by atoms with Crippen LogP contribution in [-0.4, -0.2) is 122 Å². The summed E-state index contributed by atoms with van der Waals surface area (Å²) in [6, 6.07) is 12.4. The first-order chi connectivity index (χ1) is 33.8. The van der Waals surface area contributed by atoms with E-state index in [1.54, 1.807) is 80.8 Å². The second kappa shape index (κ2) is 25.0. The fourth-order valence-electron chi connectivity index (χ4n) is 7.92. The highest BCUT2D eigenvalue weighted by atomic mass is 16.4. The molecule has 0 saturated heterocycles. The monoisotopic (exact) mass is 979 g/mol. The van der Waals surface area contributed by atoms with E-state index >= 15 is 0 Å². The molecule has 16 N–H and O–H groups in total. The van der Waals surface area contributed by atoms with Crippen molar-refractivity contribution in [3.63, 3.8) is 0 Å². The van der Waals surface area contributed by atoms with Gasteiger partial charge in [0.15, 0.2) is 0 Å². The Balaban J connectivity index is 1.29. The number of carboxylic acids is 1. The van der Waals surface area contributed by atoms with Crippen LogP contribution in [0.4, 0.5) is 0 Å². The van der Waals surface area contributed by atoms with Crippen molar-refractivity contribution in [1.29, 1.82) is 0 Å². The Bertz CT molecular complexity index is 2720. The van der Waals surface area contributed by atoms with E-state index in [0.717, 1.165) is 28.9 Å². The molecule has 22 heteroatoms. The molecule has 8 amide bonds. The molecule has 0 radical (unpaired) electrons. The smallest absolute Gasteiger partial charge is 0.326 e. The molecule has 0 unspecified atom stereocenters. The van der Waals surface area contributed by atoms with Crippen LogP contribution in [-0.2, 0) is 62.4 Å². The molecule has 0 fully saturated rings. The fraction of sp³-hybridized carbons (Fsp3) is 0.367. The van der Waals surface area contributed by atoms with Crippen molar-refractivity contribution in [2.45, 2.75) is 108 Å². The molecule has 0 saturated carbocycles. The zero-order valence-electron chi connectivity index (χ0n) is 39.4. The van der Waals surface area contributed by atoms with Crippen LogP contribution in [0.5, 0.6) is 0 Å². The lowest BCUT2D eigenvalue weighted by Gasteiger charge is -2.30. The number of amides is 8. The number of hydrogen-bond acceptors (Lipinski definition) is 11. The van der Waals surface area contributed by atoms with Gasteiger partial charge in [0, 0.05) is 47.0 Å². The van der Waals surface area contributed by atoms with Crippen LogP contribution in [0.1, 0.15) is 56.7 Å². The van der Waals surface area contributed by atoms with Gasteiger partial charge in [-0.3, -0.25) is 38.4 Å². The number of aromatic amines is 2. The number of benzene rings is 3. The Morgan fingerprint density at radius 1 is 0.535 bits per heavy atom. The van der Waals surface area contributed by atoms with Crippen molar-refractivity contribution in [3.05, 3.63) is 108 Å². The summed E-state index contributed by atoms with van der Waals surface area (Å²) >= 11 is 0. The van der Waals surface area contributed by atoms with Gasteiger partial charge in [0.05, 0.1) is 25.0 Å². The highest BCUT2D eigenvalue weighted by molar-refractivity contribution is 5.99. The largest absolute Gasteiger partial charge is 0.480 e. The number of aliphatic hydroxyl groups excluding tert-OH is 1. The Morgan fingerprint density at radius 3 is 1.49 bits per heavy atom. The van der Waals surface area contributed by atoms with Crippen LogP contribution in [0.3, 0.4) is 0 Å². The van der Waals surface area contributed by atoms with Gasteiger partial charge in [-0.05, 0) is 48.1 Å². The third-order valence-corrected chi connectivity index (χ3v) is 12.0. The number of carbonyl (C=O) groups is 9. The maximum Gasteiger partial charge on any atom is 0.326 e.